The Morgan fingerprint density at radius 3 is 2.43 bits per heavy atom. The van der Waals surface area contributed by atoms with Gasteiger partial charge in [0.2, 0.25) is 0 Å². The summed E-state index contributed by atoms with van der Waals surface area (Å²) in [6, 6.07) is 7.19. The summed E-state index contributed by atoms with van der Waals surface area (Å²) in [5.74, 6) is 4.44. The molecule has 0 bridgehead atoms. The highest BCUT2D eigenvalue weighted by Crippen LogP contribution is 2.33. The molecule has 0 radical (unpaired) electrons. The van der Waals surface area contributed by atoms with Gasteiger partial charge in [0.1, 0.15) is 0 Å². The van der Waals surface area contributed by atoms with Crippen molar-refractivity contribution in [3.63, 3.8) is 0 Å². The molecule has 1 amide bonds. The van der Waals surface area contributed by atoms with Gasteiger partial charge in [0.25, 0.3) is 5.91 Å². The zero-order valence-electron chi connectivity index (χ0n) is 7.62. The van der Waals surface area contributed by atoms with Gasteiger partial charge in [-0.3, -0.25) is 10.2 Å². The molecule has 1 rings (SSSR count). The summed E-state index contributed by atoms with van der Waals surface area (Å²) in [5, 5.41) is 0. The molecule has 1 atom stereocenters. The molecule has 0 aliphatic carbocycles. The Labute approximate surface area is 93.0 Å². The second-order valence-corrected chi connectivity index (χ2v) is 4.46. The van der Waals surface area contributed by atoms with Crippen LogP contribution >= 0.6 is 24.2 Å². The lowest BCUT2D eigenvalue weighted by atomic mass is 10.1. The fraction of sp³-hybridized carbons (Fsp3) is 0.222. The van der Waals surface area contributed by atoms with E-state index in [4.69, 9.17) is 17.4 Å². The first kappa shape index (κ1) is 11.4. The fourth-order valence-corrected chi connectivity index (χ4v) is 1.40. The lowest BCUT2D eigenvalue weighted by Gasteiger charge is -2.19. The van der Waals surface area contributed by atoms with Crippen molar-refractivity contribution in [3.05, 3.63) is 35.4 Å². The number of alkyl halides is 1. The first-order chi connectivity index (χ1) is 6.48. The third-order valence-corrected chi connectivity index (χ3v) is 2.72. The van der Waals surface area contributed by atoms with Gasteiger partial charge in [-0.1, -0.05) is 41.4 Å². The first-order valence-electron chi connectivity index (χ1n) is 3.98. The van der Waals surface area contributed by atoms with Crippen LogP contribution in [0.2, 0.25) is 0 Å². The van der Waals surface area contributed by atoms with Gasteiger partial charge in [-0.2, -0.15) is 0 Å². The van der Waals surface area contributed by atoms with Gasteiger partial charge in [0.05, 0.1) is 0 Å². The van der Waals surface area contributed by atoms with E-state index < -0.39 is 10.1 Å². The molecule has 76 valence electrons. The van der Waals surface area contributed by atoms with Crippen molar-refractivity contribution < 1.29 is 4.79 Å². The molecular formula is C9H11ClN2OS. The average Bonchev–Trinajstić information content (AvgIpc) is 2.17. The molecule has 0 aliphatic rings. The molecule has 0 saturated heterocycles. The largest absolute Gasteiger partial charge is 0.292 e. The SMILES string of the molecule is Cc1ccc(C(S)(Cl)C(=O)NN)cc1. The van der Waals surface area contributed by atoms with Crippen molar-refractivity contribution in [2.24, 2.45) is 5.84 Å². The van der Waals surface area contributed by atoms with Gasteiger partial charge >= 0.3 is 0 Å². The number of thiol groups is 1. The molecule has 3 nitrogen and oxygen atoms in total. The zero-order valence-corrected chi connectivity index (χ0v) is 9.27. The van der Waals surface area contributed by atoms with E-state index in [1.165, 1.54) is 0 Å². The quantitative estimate of drug-likeness (QED) is 0.236. The lowest BCUT2D eigenvalue weighted by Crippen LogP contribution is -2.40. The minimum absolute atomic E-state index is 0.550. The number of benzene rings is 1. The number of amides is 1. The number of rotatable bonds is 2. The maximum absolute atomic E-state index is 11.3. The van der Waals surface area contributed by atoms with Crippen LogP contribution in [0, 0.1) is 6.92 Å². The highest BCUT2D eigenvalue weighted by molar-refractivity contribution is 7.83. The number of nitrogens with one attached hydrogen (secondary N) is 1. The lowest BCUT2D eigenvalue weighted by molar-refractivity contribution is -0.121. The second-order valence-electron chi connectivity index (χ2n) is 2.96. The van der Waals surface area contributed by atoms with Gasteiger partial charge in [0, 0.05) is 0 Å². The Hall–Kier alpha value is -0.710. The summed E-state index contributed by atoms with van der Waals surface area (Å²) in [6.07, 6.45) is 0. The van der Waals surface area contributed by atoms with E-state index in [9.17, 15) is 4.79 Å². The monoisotopic (exact) mass is 230 g/mol. The van der Waals surface area contributed by atoms with Gasteiger partial charge in [-0.15, -0.1) is 12.6 Å². The van der Waals surface area contributed by atoms with E-state index in [-0.39, 0.29) is 0 Å². The van der Waals surface area contributed by atoms with Crippen LogP contribution in [-0.2, 0) is 9.00 Å². The number of carbonyl (C=O) groups excluding carboxylic acids is 1. The van der Waals surface area contributed by atoms with Crippen LogP contribution in [0.5, 0.6) is 0 Å². The van der Waals surface area contributed by atoms with E-state index >= 15 is 0 Å². The van der Waals surface area contributed by atoms with Crippen molar-refractivity contribution in [1.82, 2.24) is 5.43 Å². The number of halogens is 1. The molecule has 0 heterocycles. The number of hydrazine groups is 1. The van der Waals surface area contributed by atoms with Gasteiger partial charge in [-0.05, 0) is 12.5 Å². The fourth-order valence-electron chi connectivity index (χ4n) is 1.00. The van der Waals surface area contributed by atoms with Crippen LogP contribution in [0.15, 0.2) is 24.3 Å². The number of carbonyl (C=O) groups is 1. The smallest absolute Gasteiger partial charge is 0.269 e. The molecule has 0 saturated carbocycles. The van der Waals surface area contributed by atoms with E-state index in [0.29, 0.717) is 5.56 Å². The number of hydrogen-bond acceptors (Lipinski definition) is 3. The Balaban J connectivity index is 3.03. The van der Waals surface area contributed by atoms with Crippen molar-refractivity contribution >= 4 is 30.1 Å². The van der Waals surface area contributed by atoms with Crippen LogP contribution in [0.4, 0.5) is 0 Å². The van der Waals surface area contributed by atoms with Gasteiger partial charge in [0.15, 0.2) is 4.21 Å². The van der Waals surface area contributed by atoms with Crippen LogP contribution in [0.1, 0.15) is 11.1 Å². The maximum Gasteiger partial charge on any atom is 0.269 e. The molecule has 3 N–H and O–H groups in total. The summed E-state index contributed by atoms with van der Waals surface area (Å²) >= 11 is 10.00. The van der Waals surface area contributed by atoms with E-state index in [2.05, 4.69) is 12.6 Å². The Morgan fingerprint density at radius 2 is 2.00 bits per heavy atom. The summed E-state index contributed by atoms with van der Waals surface area (Å²) in [4.78, 5) is 11.3. The molecule has 0 spiro atoms. The zero-order chi connectivity index (χ0) is 10.8. The number of nitrogens with two attached hydrogens (primary N) is 1. The molecule has 5 heteroatoms. The van der Waals surface area contributed by atoms with Crippen molar-refractivity contribution in [2.75, 3.05) is 0 Å². The summed E-state index contributed by atoms with van der Waals surface area (Å²) in [7, 11) is 0. The molecule has 0 aliphatic heterocycles. The predicted octanol–water partition coefficient (Wildman–Crippen LogP) is 1.31. The van der Waals surface area contributed by atoms with Crippen LogP contribution in [0.3, 0.4) is 0 Å². The predicted molar refractivity (Wildman–Crippen MR) is 60.0 cm³/mol. The van der Waals surface area contributed by atoms with Crippen LogP contribution in [-0.4, -0.2) is 5.91 Å². The molecule has 14 heavy (non-hydrogen) atoms. The van der Waals surface area contributed by atoms with Gasteiger partial charge < -0.3 is 0 Å². The molecule has 1 unspecified atom stereocenters. The topological polar surface area (TPSA) is 55.1 Å². The van der Waals surface area contributed by atoms with Crippen molar-refractivity contribution in [2.45, 2.75) is 11.1 Å². The Bertz CT molecular complexity index is 337. The summed E-state index contributed by atoms with van der Waals surface area (Å²) in [5.41, 5.74) is 3.65. The van der Waals surface area contributed by atoms with E-state index in [0.717, 1.165) is 5.56 Å². The number of hydrogen-bond donors (Lipinski definition) is 3. The molecular weight excluding hydrogens is 220 g/mol. The van der Waals surface area contributed by atoms with Crippen LogP contribution in [0.25, 0.3) is 0 Å². The van der Waals surface area contributed by atoms with E-state index in [1.54, 1.807) is 12.1 Å². The number of aryl methyl sites for hydroxylation is 1. The normalized spacial score (nSPS) is 14.6. The molecule has 1 aromatic carbocycles. The Morgan fingerprint density at radius 1 is 1.50 bits per heavy atom. The molecule has 1 aromatic rings. The molecule has 0 fully saturated rings. The minimum atomic E-state index is -1.41. The summed E-state index contributed by atoms with van der Waals surface area (Å²) < 4.78 is -1.41. The minimum Gasteiger partial charge on any atom is -0.292 e. The maximum atomic E-state index is 11.3. The highest BCUT2D eigenvalue weighted by Gasteiger charge is 2.33. The Kier molecular flexibility index (Phi) is 3.42. The van der Waals surface area contributed by atoms with E-state index in [1.807, 2.05) is 24.5 Å². The highest BCUT2D eigenvalue weighted by atomic mass is 35.5. The van der Waals surface area contributed by atoms with Crippen molar-refractivity contribution in [1.29, 1.82) is 0 Å². The third-order valence-electron chi connectivity index (χ3n) is 1.87. The van der Waals surface area contributed by atoms with Crippen LogP contribution < -0.4 is 11.3 Å². The van der Waals surface area contributed by atoms with Crippen molar-refractivity contribution in [3.8, 4) is 0 Å². The molecule has 0 aromatic heterocycles. The van der Waals surface area contributed by atoms with Gasteiger partial charge in [-0.25, -0.2) is 5.84 Å². The first-order valence-corrected chi connectivity index (χ1v) is 4.80. The standard InChI is InChI=1S/C9H11ClN2OS/c1-6-2-4-7(5-3-6)9(10,14)8(13)12-11/h2-5,14H,11H2,1H3,(H,12,13). The average molecular weight is 231 g/mol. The summed E-state index contributed by atoms with van der Waals surface area (Å²) in [6.45, 7) is 1.95. The second kappa shape index (κ2) is 4.21. The third kappa shape index (κ3) is 2.20.